The van der Waals surface area contributed by atoms with Gasteiger partial charge in [-0.05, 0) is 30.2 Å². The van der Waals surface area contributed by atoms with Crippen LogP contribution >= 0.6 is 11.8 Å². The molecule has 0 spiro atoms. The van der Waals surface area contributed by atoms with Crippen molar-refractivity contribution in [3.63, 3.8) is 0 Å². The fraction of sp³-hybridized carbons (Fsp3) is 0.263. The van der Waals surface area contributed by atoms with Gasteiger partial charge in [0.2, 0.25) is 5.91 Å². The van der Waals surface area contributed by atoms with Crippen molar-refractivity contribution in [3.8, 4) is 0 Å². The summed E-state index contributed by atoms with van der Waals surface area (Å²) < 4.78 is 13.6. The lowest BCUT2D eigenvalue weighted by Gasteiger charge is -2.23. The second kappa shape index (κ2) is 8.16. The van der Waals surface area contributed by atoms with E-state index in [-0.39, 0.29) is 17.6 Å². The molecule has 1 N–H and O–H groups in total. The SMILES string of the molecule is O=C(NCCc1ccccc1F)[C@@H]1CSCN1C(=O)c1ccccc1. The number of hydrogen-bond acceptors (Lipinski definition) is 3. The number of thioether (sulfide) groups is 1. The molecule has 0 unspecified atom stereocenters. The highest BCUT2D eigenvalue weighted by Crippen LogP contribution is 2.23. The molecule has 1 heterocycles. The lowest BCUT2D eigenvalue weighted by Crippen LogP contribution is -2.47. The van der Waals surface area contributed by atoms with E-state index >= 15 is 0 Å². The molecule has 130 valence electrons. The molecule has 4 nitrogen and oxygen atoms in total. The molecule has 0 saturated carbocycles. The first-order valence-electron chi connectivity index (χ1n) is 8.11. The Morgan fingerprint density at radius 1 is 1.12 bits per heavy atom. The molecule has 1 saturated heterocycles. The van der Waals surface area contributed by atoms with Gasteiger partial charge in [-0.3, -0.25) is 9.59 Å². The number of rotatable bonds is 5. The third-order valence-corrected chi connectivity index (χ3v) is 5.13. The van der Waals surface area contributed by atoms with Gasteiger partial charge in [0, 0.05) is 17.9 Å². The summed E-state index contributed by atoms with van der Waals surface area (Å²) in [4.78, 5) is 26.6. The average Bonchev–Trinajstić information content (AvgIpc) is 3.13. The second-order valence-corrected chi connectivity index (χ2v) is 6.79. The second-order valence-electron chi connectivity index (χ2n) is 5.79. The molecule has 0 bridgehead atoms. The Morgan fingerprint density at radius 2 is 1.84 bits per heavy atom. The first-order chi connectivity index (χ1) is 12.2. The van der Waals surface area contributed by atoms with Crippen LogP contribution in [0.5, 0.6) is 0 Å². The predicted molar refractivity (Wildman–Crippen MR) is 96.8 cm³/mol. The lowest BCUT2D eigenvalue weighted by atomic mass is 10.1. The number of nitrogens with zero attached hydrogens (tertiary/aromatic N) is 1. The highest BCUT2D eigenvalue weighted by atomic mass is 32.2. The number of benzene rings is 2. The summed E-state index contributed by atoms with van der Waals surface area (Å²) in [7, 11) is 0. The van der Waals surface area contributed by atoms with Crippen LogP contribution in [-0.4, -0.2) is 40.9 Å². The Balaban J connectivity index is 1.57. The summed E-state index contributed by atoms with van der Waals surface area (Å²) in [5, 5.41) is 2.82. The minimum atomic E-state index is -0.488. The number of carbonyl (C=O) groups excluding carboxylic acids is 2. The molecule has 2 aromatic carbocycles. The molecular formula is C19H19FN2O2S. The summed E-state index contributed by atoms with van der Waals surface area (Å²) in [6.45, 7) is 0.342. The van der Waals surface area contributed by atoms with Gasteiger partial charge in [-0.1, -0.05) is 36.4 Å². The standard InChI is InChI=1S/C19H19FN2O2S/c20-16-9-5-4-6-14(16)10-11-21-18(23)17-12-25-13-22(17)19(24)15-7-2-1-3-8-15/h1-9,17H,10-13H2,(H,21,23)/t17-/m0/s1. The van der Waals surface area contributed by atoms with Gasteiger partial charge in [-0.2, -0.15) is 0 Å². The first kappa shape index (κ1) is 17.5. The fourth-order valence-electron chi connectivity index (χ4n) is 2.75. The highest BCUT2D eigenvalue weighted by Gasteiger charge is 2.34. The molecule has 0 aromatic heterocycles. The van der Waals surface area contributed by atoms with Gasteiger partial charge < -0.3 is 10.2 Å². The van der Waals surface area contributed by atoms with Crippen molar-refractivity contribution in [3.05, 3.63) is 71.5 Å². The molecule has 2 amide bonds. The molecule has 1 aliphatic rings. The first-order valence-corrected chi connectivity index (χ1v) is 9.27. The minimum absolute atomic E-state index is 0.139. The lowest BCUT2D eigenvalue weighted by molar-refractivity contribution is -0.124. The van der Waals surface area contributed by atoms with Crippen molar-refractivity contribution >= 4 is 23.6 Å². The van der Waals surface area contributed by atoms with Crippen molar-refractivity contribution in [2.45, 2.75) is 12.5 Å². The molecule has 1 fully saturated rings. The Hall–Kier alpha value is -2.34. The summed E-state index contributed by atoms with van der Waals surface area (Å²) in [5.41, 5.74) is 1.15. The van der Waals surface area contributed by atoms with Gasteiger partial charge in [-0.25, -0.2) is 4.39 Å². The van der Waals surface area contributed by atoms with Crippen molar-refractivity contribution in [2.75, 3.05) is 18.2 Å². The number of amides is 2. The fourth-order valence-corrected chi connectivity index (χ4v) is 3.90. The van der Waals surface area contributed by atoms with E-state index in [1.54, 1.807) is 59.1 Å². The maximum Gasteiger partial charge on any atom is 0.255 e. The zero-order valence-corrected chi connectivity index (χ0v) is 14.5. The molecule has 1 aliphatic heterocycles. The van der Waals surface area contributed by atoms with Crippen molar-refractivity contribution in [2.24, 2.45) is 0 Å². The number of nitrogens with one attached hydrogen (secondary N) is 1. The van der Waals surface area contributed by atoms with Crippen molar-refractivity contribution in [1.29, 1.82) is 0 Å². The number of halogens is 1. The van der Waals surface area contributed by atoms with Gasteiger partial charge >= 0.3 is 0 Å². The van der Waals surface area contributed by atoms with Crippen LogP contribution in [0.3, 0.4) is 0 Å². The summed E-state index contributed by atoms with van der Waals surface area (Å²) in [5.74, 6) is 0.475. The summed E-state index contributed by atoms with van der Waals surface area (Å²) in [6, 6.07) is 15.0. The highest BCUT2D eigenvalue weighted by molar-refractivity contribution is 7.99. The predicted octanol–water partition coefficient (Wildman–Crippen LogP) is 2.70. The van der Waals surface area contributed by atoms with Gasteiger partial charge in [0.15, 0.2) is 0 Å². The molecule has 6 heteroatoms. The number of carbonyl (C=O) groups is 2. The summed E-state index contributed by atoms with van der Waals surface area (Å²) in [6.07, 6.45) is 0.422. The normalized spacial score (nSPS) is 16.7. The van der Waals surface area contributed by atoms with Gasteiger partial charge in [0.25, 0.3) is 5.91 Å². The van der Waals surface area contributed by atoms with E-state index in [2.05, 4.69) is 5.32 Å². The Kier molecular flexibility index (Phi) is 5.71. The van der Waals surface area contributed by atoms with E-state index in [9.17, 15) is 14.0 Å². The molecule has 25 heavy (non-hydrogen) atoms. The van der Waals surface area contributed by atoms with Gasteiger partial charge in [0.1, 0.15) is 11.9 Å². The van der Waals surface area contributed by atoms with E-state index in [4.69, 9.17) is 0 Å². The maximum atomic E-state index is 13.6. The van der Waals surface area contributed by atoms with Gasteiger partial charge in [-0.15, -0.1) is 11.8 Å². The van der Waals surface area contributed by atoms with E-state index in [1.165, 1.54) is 6.07 Å². The molecular weight excluding hydrogens is 339 g/mol. The van der Waals surface area contributed by atoms with Crippen LogP contribution in [0.4, 0.5) is 4.39 Å². The van der Waals surface area contributed by atoms with Crippen LogP contribution in [0.1, 0.15) is 15.9 Å². The zero-order valence-electron chi connectivity index (χ0n) is 13.7. The third-order valence-electron chi connectivity index (χ3n) is 4.12. The molecule has 3 rings (SSSR count). The van der Waals surface area contributed by atoms with Crippen LogP contribution < -0.4 is 5.32 Å². The summed E-state index contributed by atoms with van der Waals surface area (Å²) >= 11 is 1.56. The third kappa shape index (κ3) is 4.20. The molecule has 1 atom stereocenters. The number of hydrogen-bond donors (Lipinski definition) is 1. The van der Waals surface area contributed by atoms with E-state index < -0.39 is 6.04 Å². The molecule has 0 radical (unpaired) electrons. The Morgan fingerprint density at radius 3 is 2.60 bits per heavy atom. The van der Waals surface area contributed by atoms with E-state index in [0.29, 0.717) is 35.7 Å². The van der Waals surface area contributed by atoms with Crippen LogP contribution in [0.2, 0.25) is 0 Å². The van der Waals surface area contributed by atoms with Crippen LogP contribution in [0, 0.1) is 5.82 Å². The smallest absolute Gasteiger partial charge is 0.255 e. The largest absolute Gasteiger partial charge is 0.354 e. The monoisotopic (exact) mass is 358 g/mol. The van der Waals surface area contributed by atoms with E-state index in [1.807, 2.05) is 6.07 Å². The van der Waals surface area contributed by atoms with Crippen LogP contribution in [0.15, 0.2) is 54.6 Å². The quantitative estimate of drug-likeness (QED) is 0.894. The van der Waals surface area contributed by atoms with Gasteiger partial charge in [0.05, 0.1) is 5.88 Å². The van der Waals surface area contributed by atoms with E-state index in [0.717, 1.165) is 0 Å². The van der Waals surface area contributed by atoms with Crippen LogP contribution in [0.25, 0.3) is 0 Å². The average molecular weight is 358 g/mol. The minimum Gasteiger partial charge on any atom is -0.354 e. The molecule has 2 aromatic rings. The molecule has 0 aliphatic carbocycles. The van der Waals surface area contributed by atoms with Crippen molar-refractivity contribution in [1.82, 2.24) is 10.2 Å². The maximum absolute atomic E-state index is 13.6. The Bertz CT molecular complexity index is 754. The zero-order chi connectivity index (χ0) is 17.6. The van der Waals surface area contributed by atoms with Crippen molar-refractivity contribution < 1.29 is 14.0 Å². The van der Waals surface area contributed by atoms with Crippen LogP contribution in [-0.2, 0) is 11.2 Å². The topological polar surface area (TPSA) is 49.4 Å². The Labute approximate surface area is 150 Å².